The summed E-state index contributed by atoms with van der Waals surface area (Å²) >= 11 is 0. The van der Waals surface area contributed by atoms with Gasteiger partial charge < -0.3 is 4.74 Å². The molecule has 9 atom stereocenters. The van der Waals surface area contributed by atoms with Gasteiger partial charge in [0.05, 0.1) is 5.92 Å². The van der Waals surface area contributed by atoms with Gasteiger partial charge in [0.2, 0.25) is 0 Å². The molecule has 1 saturated heterocycles. The van der Waals surface area contributed by atoms with Crippen LogP contribution >= 0.6 is 0 Å². The lowest BCUT2D eigenvalue weighted by Crippen LogP contribution is -2.51. The molecule has 0 N–H and O–H groups in total. The van der Waals surface area contributed by atoms with E-state index in [9.17, 15) is 9.59 Å². The molecule has 5 rings (SSSR count). The highest BCUT2D eigenvalue weighted by molar-refractivity contribution is 5.91. The van der Waals surface area contributed by atoms with Crippen molar-refractivity contribution in [2.75, 3.05) is 0 Å². The van der Waals surface area contributed by atoms with Crippen molar-refractivity contribution in [1.29, 1.82) is 0 Å². The minimum atomic E-state index is 0.0212. The predicted octanol–water partition coefficient (Wildman–Crippen LogP) is 6.11. The molecule has 4 aliphatic carbocycles. The summed E-state index contributed by atoms with van der Waals surface area (Å²) in [4.78, 5) is 24.3. The molecule has 3 saturated carbocycles. The molecule has 0 aromatic carbocycles. The van der Waals surface area contributed by atoms with E-state index in [2.05, 4.69) is 20.8 Å². The fourth-order valence-electron chi connectivity index (χ4n) is 8.95. The first kappa shape index (κ1) is 20.8. The van der Waals surface area contributed by atoms with Gasteiger partial charge in [0.25, 0.3) is 0 Å². The van der Waals surface area contributed by atoms with Crippen molar-refractivity contribution in [1.82, 2.24) is 0 Å². The summed E-state index contributed by atoms with van der Waals surface area (Å²) in [6.45, 7) is 9.42. The van der Waals surface area contributed by atoms with E-state index in [1.54, 1.807) is 0 Å². The van der Waals surface area contributed by atoms with Crippen LogP contribution in [-0.4, -0.2) is 17.9 Å². The number of carbonyl (C=O) groups is 2. The lowest BCUT2D eigenvalue weighted by Gasteiger charge is -2.58. The van der Waals surface area contributed by atoms with E-state index in [0.29, 0.717) is 23.0 Å². The van der Waals surface area contributed by atoms with E-state index in [1.807, 2.05) is 13.0 Å². The molecule has 4 fully saturated rings. The van der Waals surface area contributed by atoms with Crippen LogP contribution in [0.3, 0.4) is 0 Å². The van der Waals surface area contributed by atoms with Gasteiger partial charge >= 0.3 is 5.97 Å². The Hall–Kier alpha value is -1.12. The molecular weight excluding hydrogens is 372 g/mol. The number of hydrogen-bond donors (Lipinski definition) is 0. The molecule has 0 amide bonds. The van der Waals surface area contributed by atoms with Crippen LogP contribution in [0, 0.1) is 46.3 Å². The van der Waals surface area contributed by atoms with E-state index in [1.165, 1.54) is 37.7 Å². The topological polar surface area (TPSA) is 43.4 Å². The first-order valence-corrected chi connectivity index (χ1v) is 12.7. The van der Waals surface area contributed by atoms with Gasteiger partial charge in [0, 0.05) is 6.42 Å². The Balaban J connectivity index is 1.36. The smallest absolute Gasteiger partial charge is 0.308 e. The van der Waals surface area contributed by atoms with Gasteiger partial charge in [0.15, 0.2) is 5.78 Å². The highest BCUT2D eigenvalue weighted by Crippen LogP contribution is 2.67. The van der Waals surface area contributed by atoms with Crippen LogP contribution < -0.4 is 0 Å². The van der Waals surface area contributed by atoms with Crippen LogP contribution in [0.4, 0.5) is 0 Å². The molecule has 166 valence electrons. The third kappa shape index (κ3) is 2.97. The Morgan fingerprint density at radius 1 is 0.967 bits per heavy atom. The van der Waals surface area contributed by atoms with Gasteiger partial charge in [-0.15, -0.1) is 0 Å². The monoisotopic (exact) mass is 412 g/mol. The van der Waals surface area contributed by atoms with Crippen molar-refractivity contribution in [3.8, 4) is 0 Å². The molecule has 1 heterocycles. The minimum Gasteiger partial charge on any atom is -0.462 e. The summed E-state index contributed by atoms with van der Waals surface area (Å²) in [6.07, 6.45) is 13.6. The quantitative estimate of drug-likeness (QED) is 0.514. The average Bonchev–Trinajstić information content (AvgIpc) is 3.07. The van der Waals surface area contributed by atoms with Crippen molar-refractivity contribution in [2.24, 2.45) is 46.3 Å². The van der Waals surface area contributed by atoms with Crippen LogP contribution in [0.5, 0.6) is 0 Å². The largest absolute Gasteiger partial charge is 0.462 e. The number of allylic oxidation sites excluding steroid dienone is 1. The van der Waals surface area contributed by atoms with Gasteiger partial charge in [-0.2, -0.15) is 0 Å². The summed E-state index contributed by atoms with van der Waals surface area (Å²) in [7, 11) is 0. The van der Waals surface area contributed by atoms with Crippen molar-refractivity contribution >= 4 is 11.8 Å². The van der Waals surface area contributed by atoms with Crippen LogP contribution in [0.15, 0.2) is 11.6 Å². The molecule has 0 spiro atoms. The van der Waals surface area contributed by atoms with Gasteiger partial charge in [-0.1, -0.05) is 33.3 Å². The summed E-state index contributed by atoms with van der Waals surface area (Å²) < 4.78 is 5.92. The zero-order chi connectivity index (χ0) is 21.3. The summed E-state index contributed by atoms with van der Waals surface area (Å²) in [5.74, 6) is 3.96. The van der Waals surface area contributed by atoms with Crippen molar-refractivity contribution in [3.63, 3.8) is 0 Å². The predicted molar refractivity (Wildman–Crippen MR) is 118 cm³/mol. The number of ether oxygens (including phenoxy) is 1. The zero-order valence-electron chi connectivity index (χ0n) is 19.4. The number of ketones is 1. The second-order valence-corrected chi connectivity index (χ2v) is 12.0. The molecule has 0 aromatic heterocycles. The first-order chi connectivity index (χ1) is 14.2. The number of fused-ring (bicyclic) bond motifs is 5. The Morgan fingerprint density at radius 2 is 1.77 bits per heavy atom. The van der Waals surface area contributed by atoms with Crippen LogP contribution in [0.2, 0.25) is 0 Å². The van der Waals surface area contributed by atoms with Crippen LogP contribution in [0.1, 0.15) is 91.9 Å². The average molecular weight is 413 g/mol. The van der Waals surface area contributed by atoms with E-state index in [4.69, 9.17) is 4.74 Å². The van der Waals surface area contributed by atoms with E-state index in [-0.39, 0.29) is 23.4 Å². The second-order valence-electron chi connectivity index (χ2n) is 12.0. The number of hydrogen-bond acceptors (Lipinski definition) is 3. The molecule has 0 bridgehead atoms. The molecule has 30 heavy (non-hydrogen) atoms. The minimum absolute atomic E-state index is 0.0212. The second kappa shape index (κ2) is 7.20. The summed E-state index contributed by atoms with van der Waals surface area (Å²) in [5.41, 5.74) is 2.12. The maximum absolute atomic E-state index is 12.2. The third-order valence-electron chi connectivity index (χ3n) is 10.8. The Bertz CT molecular complexity index is 768. The number of cyclic esters (lactones) is 1. The highest BCUT2D eigenvalue weighted by Gasteiger charge is 2.60. The molecule has 1 aliphatic heterocycles. The fourth-order valence-corrected chi connectivity index (χ4v) is 8.95. The van der Waals surface area contributed by atoms with E-state index < -0.39 is 0 Å². The standard InChI is InChI=1S/C27H40O3/c1-16-5-10-24(30-25(16)29)17(2)21-8-9-22-20-7-6-18-15-19(28)11-13-26(18,3)23(20)12-14-27(21,22)4/h15-17,20-24H,5-14H2,1-4H3/t16?,17-,20-,21+,22-,23-,24?,26-,27+/m0/s1. The van der Waals surface area contributed by atoms with Crippen LogP contribution in [-0.2, 0) is 14.3 Å². The molecule has 0 radical (unpaired) electrons. The lowest BCUT2D eigenvalue weighted by molar-refractivity contribution is -0.166. The van der Waals surface area contributed by atoms with Gasteiger partial charge in [-0.3, -0.25) is 9.59 Å². The van der Waals surface area contributed by atoms with E-state index >= 15 is 0 Å². The molecule has 2 unspecified atom stereocenters. The third-order valence-corrected chi connectivity index (χ3v) is 10.8. The zero-order valence-corrected chi connectivity index (χ0v) is 19.4. The molecular formula is C27H40O3. The van der Waals surface area contributed by atoms with Crippen molar-refractivity contribution < 1.29 is 14.3 Å². The first-order valence-electron chi connectivity index (χ1n) is 12.7. The van der Waals surface area contributed by atoms with Crippen molar-refractivity contribution in [3.05, 3.63) is 11.6 Å². The Labute approximate surface area is 182 Å². The Kier molecular flexibility index (Phi) is 4.99. The number of esters is 1. The summed E-state index contributed by atoms with van der Waals surface area (Å²) in [6, 6.07) is 0. The van der Waals surface area contributed by atoms with E-state index in [0.717, 1.165) is 49.9 Å². The normalized spacial score (nSPS) is 49.4. The molecule has 3 nitrogen and oxygen atoms in total. The fraction of sp³-hybridized carbons (Fsp3) is 0.852. The van der Waals surface area contributed by atoms with Crippen LogP contribution in [0.25, 0.3) is 0 Å². The summed E-state index contributed by atoms with van der Waals surface area (Å²) in [5, 5.41) is 0. The van der Waals surface area contributed by atoms with Gasteiger partial charge in [-0.25, -0.2) is 0 Å². The number of rotatable bonds is 2. The maximum atomic E-state index is 12.2. The van der Waals surface area contributed by atoms with Crippen molar-refractivity contribution in [2.45, 2.75) is 98.0 Å². The molecule has 0 aromatic rings. The Morgan fingerprint density at radius 3 is 2.53 bits per heavy atom. The SMILES string of the molecule is CC1CCC([C@@H](C)[C@H]2CC[C@H]3[C@@H]4CCC5=CC(=O)CC[C@]5(C)[C@H]4CC[C@]23C)OC1=O. The molecule has 3 heteroatoms. The van der Waals surface area contributed by atoms with Gasteiger partial charge in [0.1, 0.15) is 6.10 Å². The lowest BCUT2D eigenvalue weighted by atomic mass is 9.46. The maximum Gasteiger partial charge on any atom is 0.308 e. The van der Waals surface area contributed by atoms with Gasteiger partial charge in [-0.05, 0) is 104 Å². The molecule has 5 aliphatic rings. The highest BCUT2D eigenvalue weighted by atomic mass is 16.5. The number of carbonyl (C=O) groups excluding carboxylic acids is 2.